The van der Waals surface area contributed by atoms with Crippen LogP contribution in [0.15, 0.2) is 24.3 Å². The molecule has 7 nitrogen and oxygen atoms in total. The zero-order chi connectivity index (χ0) is 22.6. The molecule has 1 N–H and O–H groups in total. The molecule has 5 atom stereocenters. The van der Waals surface area contributed by atoms with Gasteiger partial charge in [0.05, 0.1) is 0 Å². The van der Waals surface area contributed by atoms with Crippen molar-refractivity contribution < 1.29 is 28.9 Å². The van der Waals surface area contributed by atoms with Crippen LogP contribution in [0.2, 0.25) is 0 Å². The quantitative estimate of drug-likeness (QED) is 0.438. The summed E-state index contributed by atoms with van der Waals surface area (Å²) in [5, 5.41) is 8.21. The van der Waals surface area contributed by atoms with Crippen molar-refractivity contribution in [3.8, 4) is 11.5 Å². The molecule has 172 valence electrons. The molecule has 1 saturated carbocycles. The first-order valence-electron chi connectivity index (χ1n) is 11.5. The summed E-state index contributed by atoms with van der Waals surface area (Å²) in [7, 11) is 2.17. The number of hydrogen-bond donors (Lipinski definition) is 1. The fraction of sp³-hybridized carbons (Fsp3) is 0.600. The Morgan fingerprint density at radius 3 is 2.62 bits per heavy atom. The summed E-state index contributed by atoms with van der Waals surface area (Å²) >= 11 is 0. The van der Waals surface area contributed by atoms with Gasteiger partial charge in [-0.1, -0.05) is 12.1 Å². The molecule has 2 aliphatic heterocycles. The molecule has 2 bridgehead atoms. The van der Waals surface area contributed by atoms with E-state index in [1.54, 1.807) is 0 Å². The summed E-state index contributed by atoms with van der Waals surface area (Å²) < 4.78 is 17.5. The molecule has 7 heteroatoms. The fourth-order valence-corrected chi connectivity index (χ4v) is 6.04. The SMILES string of the molecule is CC(=O)Oc1ccc2c3c1O[C@H]1[C@@H](OC(C)=O)C=C[C@H]4[C@@H](C2)N(C)CC[C@@]341.OCC1CC1. The van der Waals surface area contributed by atoms with Gasteiger partial charge in [0.2, 0.25) is 0 Å². The van der Waals surface area contributed by atoms with Gasteiger partial charge >= 0.3 is 11.9 Å². The maximum Gasteiger partial charge on any atom is 0.308 e. The Morgan fingerprint density at radius 1 is 1.22 bits per heavy atom. The molecule has 1 saturated heterocycles. The van der Waals surface area contributed by atoms with Crippen molar-refractivity contribution >= 4 is 11.9 Å². The van der Waals surface area contributed by atoms with Crippen molar-refractivity contribution in [1.29, 1.82) is 0 Å². The second-order valence-corrected chi connectivity index (χ2v) is 9.71. The van der Waals surface area contributed by atoms with Crippen molar-refractivity contribution in [2.75, 3.05) is 20.2 Å². The van der Waals surface area contributed by atoms with E-state index >= 15 is 0 Å². The topological polar surface area (TPSA) is 85.3 Å². The third-order valence-corrected chi connectivity index (χ3v) is 7.63. The van der Waals surface area contributed by atoms with Crippen LogP contribution >= 0.6 is 0 Å². The minimum absolute atomic E-state index is 0.245. The highest BCUT2D eigenvalue weighted by atomic mass is 16.6. The number of likely N-dealkylation sites (tertiary alicyclic amines) is 1. The highest BCUT2D eigenvalue weighted by Crippen LogP contribution is 2.62. The molecular weight excluding hydrogens is 410 g/mol. The number of ether oxygens (including phenoxy) is 3. The Balaban J connectivity index is 0.000000383. The second kappa shape index (κ2) is 7.89. The van der Waals surface area contributed by atoms with E-state index in [4.69, 9.17) is 19.3 Å². The maximum absolute atomic E-state index is 11.7. The first-order valence-corrected chi connectivity index (χ1v) is 11.5. The predicted molar refractivity (Wildman–Crippen MR) is 117 cm³/mol. The Hall–Kier alpha value is -2.38. The molecule has 2 heterocycles. The van der Waals surface area contributed by atoms with Gasteiger partial charge in [-0.3, -0.25) is 9.59 Å². The van der Waals surface area contributed by atoms with E-state index in [0.29, 0.717) is 30.1 Å². The van der Waals surface area contributed by atoms with Crippen LogP contribution in [0.4, 0.5) is 0 Å². The summed E-state index contributed by atoms with van der Waals surface area (Å²) in [5.74, 6) is 1.40. The molecule has 1 aromatic carbocycles. The van der Waals surface area contributed by atoms with E-state index in [1.165, 1.54) is 32.3 Å². The molecule has 1 aromatic rings. The highest BCUT2D eigenvalue weighted by Gasteiger charge is 2.65. The average molecular weight is 442 g/mol. The van der Waals surface area contributed by atoms with Crippen molar-refractivity contribution in [2.45, 2.75) is 63.2 Å². The Bertz CT molecular complexity index is 969. The molecule has 5 aliphatic rings. The van der Waals surface area contributed by atoms with Crippen molar-refractivity contribution in [3.05, 3.63) is 35.4 Å². The van der Waals surface area contributed by atoms with Gasteiger partial charge in [-0.2, -0.15) is 0 Å². The Labute approximate surface area is 188 Å². The molecule has 0 amide bonds. The van der Waals surface area contributed by atoms with E-state index in [2.05, 4.69) is 24.1 Å². The number of nitrogens with zero attached hydrogens (tertiary/aromatic N) is 1. The average Bonchev–Trinajstić information content (AvgIpc) is 3.52. The Kier molecular flexibility index (Phi) is 5.29. The number of benzene rings is 1. The van der Waals surface area contributed by atoms with Crippen LogP contribution in [-0.2, 0) is 26.2 Å². The number of carbonyl (C=O) groups excluding carboxylic acids is 2. The molecule has 0 aromatic heterocycles. The van der Waals surface area contributed by atoms with Gasteiger partial charge in [0.1, 0.15) is 6.10 Å². The van der Waals surface area contributed by atoms with Gasteiger partial charge in [0.15, 0.2) is 17.6 Å². The van der Waals surface area contributed by atoms with Crippen LogP contribution in [-0.4, -0.2) is 60.4 Å². The van der Waals surface area contributed by atoms with Crippen LogP contribution in [0.25, 0.3) is 0 Å². The van der Waals surface area contributed by atoms with Crippen LogP contribution in [0, 0.1) is 11.8 Å². The van der Waals surface area contributed by atoms with Gasteiger partial charge in [0.25, 0.3) is 0 Å². The Morgan fingerprint density at radius 2 is 2.00 bits per heavy atom. The number of likely N-dealkylation sites (N-methyl/N-ethyl adjacent to an activating group) is 1. The van der Waals surface area contributed by atoms with Crippen molar-refractivity contribution in [1.82, 2.24) is 4.90 Å². The highest BCUT2D eigenvalue weighted by molar-refractivity contribution is 5.73. The molecule has 0 unspecified atom stereocenters. The number of carbonyl (C=O) groups is 2. The van der Waals surface area contributed by atoms with E-state index in [0.717, 1.165) is 24.9 Å². The summed E-state index contributed by atoms with van der Waals surface area (Å²) in [6, 6.07) is 4.28. The smallest absolute Gasteiger partial charge is 0.308 e. The maximum atomic E-state index is 11.7. The number of aliphatic hydroxyl groups excluding tert-OH is 1. The lowest BCUT2D eigenvalue weighted by molar-refractivity contribution is -0.152. The summed E-state index contributed by atoms with van der Waals surface area (Å²) in [6.07, 6.45) is 7.83. The molecule has 2 fully saturated rings. The number of rotatable bonds is 3. The van der Waals surface area contributed by atoms with Gasteiger partial charge in [-0.25, -0.2) is 0 Å². The van der Waals surface area contributed by atoms with Crippen LogP contribution in [0.5, 0.6) is 11.5 Å². The molecule has 0 radical (unpaired) electrons. The zero-order valence-corrected chi connectivity index (χ0v) is 18.9. The normalized spacial score (nSPS) is 33.4. The summed E-state index contributed by atoms with van der Waals surface area (Å²) in [4.78, 5) is 25.7. The summed E-state index contributed by atoms with van der Waals surface area (Å²) in [6.45, 7) is 4.19. The number of aliphatic hydroxyl groups is 1. The second-order valence-electron chi connectivity index (χ2n) is 9.71. The largest absolute Gasteiger partial charge is 0.481 e. The van der Waals surface area contributed by atoms with Gasteiger partial charge in [-0.15, -0.1) is 0 Å². The van der Waals surface area contributed by atoms with E-state index < -0.39 is 6.10 Å². The van der Waals surface area contributed by atoms with Crippen LogP contribution in [0.1, 0.15) is 44.2 Å². The van der Waals surface area contributed by atoms with E-state index in [1.807, 2.05) is 12.1 Å². The fourth-order valence-electron chi connectivity index (χ4n) is 6.04. The molecular formula is C25H31NO6. The number of piperidine rings is 1. The number of hydrogen-bond acceptors (Lipinski definition) is 7. The number of esters is 2. The molecule has 3 aliphatic carbocycles. The third-order valence-electron chi connectivity index (χ3n) is 7.63. The summed E-state index contributed by atoms with van der Waals surface area (Å²) in [5.41, 5.74) is 2.15. The van der Waals surface area contributed by atoms with Crippen molar-refractivity contribution in [2.24, 2.45) is 11.8 Å². The predicted octanol–water partition coefficient (Wildman–Crippen LogP) is 2.38. The lowest BCUT2D eigenvalue weighted by atomic mass is 9.53. The monoisotopic (exact) mass is 441 g/mol. The minimum Gasteiger partial charge on any atom is -0.481 e. The first kappa shape index (κ1) is 21.5. The molecule has 32 heavy (non-hydrogen) atoms. The van der Waals surface area contributed by atoms with Gasteiger partial charge in [0, 0.05) is 43.4 Å². The lowest BCUT2D eigenvalue weighted by Gasteiger charge is -2.56. The molecule has 6 rings (SSSR count). The van der Waals surface area contributed by atoms with Crippen LogP contribution < -0.4 is 9.47 Å². The minimum atomic E-state index is -0.439. The first-order chi connectivity index (χ1) is 15.3. The van der Waals surface area contributed by atoms with E-state index in [-0.39, 0.29) is 29.4 Å². The zero-order valence-electron chi connectivity index (χ0n) is 18.9. The van der Waals surface area contributed by atoms with Gasteiger partial charge < -0.3 is 24.2 Å². The van der Waals surface area contributed by atoms with Crippen LogP contribution in [0.3, 0.4) is 0 Å². The standard InChI is InChI=1S/C21H23NO5.C4H8O/c1-11(23)25-16-6-4-13-10-15-14-5-7-17(26-12(2)24)20-21(14,8-9-22(15)3)18(13)19(16)27-20;5-3-4-1-2-4/h4-7,14-15,17,20H,8-10H2,1-3H3;4-5H,1-3H2/t14-,15+,17-,20-,21-;/m0./s1. The lowest BCUT2D eigenvalue weighted by Crippen LogP contribution is -2.65. The van der Waals surface area contributed by atoms with Crippen molar-refractivity contribution in [3.63, 3.8) is 0 Å². The van der Waals surface area contributed by atoms with E-state index in [9.17, 15) is 9.59 Å². The molecule has 1 spiro atoms. The third kappa shape index (κ3) is 3.33. The van der Waals surface area contributed by atoms with Gasteiger partial charge in [-0.05, 0) is 62.9 Å².